The average Bonchev–Trinajstić information content (AvgIpc) is 3.11. The van der Waals surface area contributed by atoms with E-state index < -0.39 is 0 Å². The molecule has 0 radical (unpaired) electrons. The van der Waals surface area contributed by atoms with Gasteiger partial charge in [0.1, 0.15) is 5.75 Å². The number of fused-ring (bicyclic) bond motifs is 1. The fourth-order valence-electron chi connectivity index (χ4n) is 3.40. The molecule has 0 aromatic heterocycles. The second-order valence-corrected chi connectivity index (χ2v) is 6.95. The predicted molar refractivity (Wildman–Crippen MR) is 104 cm³/mol. The number of hydrogen-bond acceptors (Lipinski definition) is 4. The van der Waals surface area contributed by atoms with Crippen LogP contribution in [0.1, 0.15) is 27.9 Å². The van der Waals surface area contributed by atoms with Crippen LogP contribution in [0.15, 0.2) is 42.5 Å². The number of nitrogens with zero attached hydrogens (tertiary/aromatic N) is 1. The van der Waals surface area contributed by atoms with Crippen molar-refractivity contribution in [3.63, 3.8) is 0 Å². The molecule has 7 heteroatoms. The Labute approximate surface area is 163 Å². The number of urea groups is 1. The molecule has 0 saturated carbocycles. The van der Waals surface area contributed by atoms with Crippen molar-refractivity contribution in [3.8, 4) is 5.75 Å². The third-order valence-electron chi connectivity index (χ3n) is 5.14. The summed E-state index contributed by atoms with van der Waals surface area (Å²) in [7, 11) is 1.60. The van der Waals surface area contributed by atoms with E-state index in [-0.39, 0.29) is 18.0 Å². The molecule has 2 heterocycles. The molecule has 0 bridgehead atoms. The van der Waals surface area contributed by atoms with Crippen LogP contribution in [0.25, 0.3) is 0 Å². The number of anilines is 1. The summed E-state index contributed by atoms with van der Waals surface area (Å²) < 4.78 is 10.5. The molecule has 2 N–H and O–H groups in total. The number of ether oxygens (including phenoxy) is 2. The van der Waals surface area contributed by atoms with Gasteiger partial charge < -0.3 is 25.0 Å². The van der Waals surface area contributed by atoms with Crippen molar-refractivity contribution in [1.82, 2.24) is 10.2 Å². The lowest BCUT2D eigenvalue weighted by Crippen LogP contribution is -2.40. The van der Waals surface area contributed by atoms with E-state index in [1.807, 2.05) is 12.1 Å². The quantitative estimate of drug-likeness (QED) is 0.835. The van der Waals surface area contributed by atoms with Crippen LogP contribution in [0.5, 0.6) is 5.75 Å². The summed E-state index contributed by atoms with van der Waals surface area (Å²) in [6.45, 7) is 2.16. The fraction of sp³-hybridized carbons (Fsp3) is 0.333. The van der Waals surface area contributed by atoms with E-state index in [2.05, 4.69) is 10.6 Å². The minimum Gasteiger partial charge on any atom is -0.497 e. The Bertz CT molecular complexity index is 878. The molecule has 28 heavy (non-hydrogen) atoms. The van der Waals surface area contributed by atoms with E-state index in [9.17, 15) is 9.59 Å². The van der Waals surface area contributed by atoms with Gasteiger partial charge in [-0.1, -0.05) is 12.1 Å². The maximum atomic E-state index is 12.6. The van der Waals surface area contributed by atoms with Gasteiger partial charge in [-0.15, -0.1) is 0 Å². The maximum absolute atomic E-state index is 12.6. The number of carbonyl (C=O) groups is 2. The molecule has 4 rings (SSSR count). The first-order valence-electron chi connectivity index (χ1n) is 9.34. The van der Waals surface area contributed by atoms with Gasteiger partial charge in [0.05, 0.1) is 13.2 Å². The van der Waals surface area contributed by atoms with E-state index in [1.54, 1.807) is 42.3 Å². The maximum Gasteiger partial charge on any atom is 0.322 e. The molecular weight excluding hydrogens is 358 g/mol. The fourth-order valence-corrected chi connectivity index (χ4v) is 3.40. The van der Waals surface area contributed by atoms with Crippen molar-refractivity contribution in [2.45, 2.75) is 25.6 Å². The van der Waals surface area contributed by atoms with Gasteiger partial charge in [-0.3, -0.25) is 4.79 Å². The summed E-state index contributed by atoms with van der Waals surface area (Å²) in [6, 6.07) is 12.6. The third kappa shape index (κ3) is 3.80. The molecule has 2 aliphatic rings. The summed E-state index contributed by atoms with van der Waals surface area (Å²) in [6.07, 6.45) is 1.10. The number of benzene rings is 2. The first-order chi connectivity index (χ1) is 13.6. The minimum absolute atomic E-state index is 0.118. The predicted octanol–water partition coefficient (Wildman–Crippen LogP) is 2.76. The highest BCUT2D eigenvalue weighted by Gasteiger charge is 2.28. The zero-order valence-corrected chi connectivity index (χ0v) is 15.7. The first-order valence-corrected chi connectivity index (χ1v) is 9.34. The monoisotopic (exact) mass is 381 g/mol. The van der Waals surface area contributed by atoms with Crippen LogP contribution >= 0.6 is 0 Å². The summed E-state index contributed by atoms with van der Waals surface area (Å²) in [5, 5.41) is 5.82. The van der Waals surface area contributed by atoms with E-state index in [1.165, 1.54) is 0 Å². The normalized spacial score (nSPS) is 17.5. The smallest absolute Gasteiger partial charge is 0.322 e. The number of amides is 3. The van der Waals surface area contributed by atoms with Crippen molar-refractivity contribution in [2.24, 2.45) is 0 Å². The Morgan fingerprint density at radius 3 is 2.64 bits per heavy atom. The standard InChI is InChI=1S/C21H23N3O4/c1-27-16-7-5-15(6-8-16)23-21(26)24-12-14-3-2-4-18(19(14)13-24)20(25)22-11-17-9-10-28-17/h2-8,17H,9-13H2,1H3,(H,22,25)(H,23,26). The second-order valence-electron chi connectivity index (χ2n) is 6.95. The van der Waals surface area contributed by atoms with Gasteiger partial charge in [-0.2, -0.15) is 0 Å². The molecular formula is C21H23N3O4. The summed E-state index contributed by atoms with van der Waals surface area (Å²) in [5.74, 6) is 0.610. The Morgan fingerprint density at radius 1 is 1.18 bits per heavy atom. The number of hydrogen-bond donors (Lipinski definition) is 2. The molecule has 1 atom stereocenters. The number of nitrogens with one attached hydrogen (secondary N) is 2. The van der Waals surface area contributed by atoms with Crippen LogP contribution in [0.4, 0.5) is 10.5 Å². The average molecular weight is 381 g/mol. The van der Waals surface area contributed by atoms with Gasteiger partial charge in [0.25, 0.3) is 5.91 Å². The topological polar surface area (TPSA) is 79.9 Å². The Hall–Kier alpha value is -3.06. The van der Waals surface area contributed by atoms with Gasteiger partial charge in [0.2, 0.25) is 0 Å². The molecule has 0 spiro atoms. The number of methoxy groups -OCH3 is 1. The van der Waals surface area contributed by atoms with Crippen molar-refractivity contribution < 1.29 is 19.1 Å². The van der Waals surface area contributed by atoms with Crippen LogP contribution in [-0.2, 0) is 17.8 Å². The number of carbonyl (C=O) groups excluding carboxylic acids is 2. The summed E-state index contributed by atoms with van der Waals surface area (Å²) in [4.78, 5) is 26.9. The van der Waals surface area contributed by atoms with Crippen LogP contribution in [0.3, 0.4) is 0 Å². The highest BCUT2D eigenvalue weighted by molar-refractivity contribution is 5.97. The highest BCUT2D eigenvalue weighted by Crippen LogP contribution is 2.27. The third-order valence-corrected chi connectivity index (χ3v) is 5.14. The van der Waals surface area contributed by atoms with Crippen molar-refractivity contribution in [3.05, 3.63) is 59.2 Å². The van der Waals surface area contributed by atoms with Crippen LogP contribution in [-0.4, -0.2) is 43.2 Å². The molecule has 2 aliphatic heterocycles. The lowest BCUT2D eigenvalue weighted by molar-refractivity contribution is -0.0472. The van der Waals surface area contributed by atoms with Crippen molar-refractivity contribution >= 4 is 17.6 Å². The first kappa shape index (κ1) is 18.3. The molecule has 2 aromatic carbocycles. The summed E-state index contributed by atoms with van der Waals surface area (Å²) >= 11 is 0. The number of rotatable bonds is 5. The van der Waals surface area contributed by atoms with Crippen molar-refractivity contribution in [1.29, 1.82) is 0 Å². The van der Waals surface area contributed by atoms with Gasteiger partial charge >= 0.3 is 6.03 Å². The highest BCUT2D eigenvalue weighted by atomic mass is 16.5. The molecule has 2 aromatic rings. The molecule has 1 fully saturated rings. The van der Waals surface area contributed by atoms with Crippen molar-refractivity contribution in [2.75, 3.05) is 25.6 Å². The molecule has 146 valence electrons. The van der Waals surface area contributed by atoms with Crippen LogP contribution < -0.4 is 15.4 Å². The van der Waals surface area contributed by atoms with Gasteiger partial charge in [-0.25, -0.2) is 4.79 Å². The molecule has 1 unspecified atom stereocenters. The molecule has 7 nitrogen and oxygen atoms in total. The van der Waals surface area contributed by atoms with E-state index in [0.717, 1.165) is 29.9 Å². The largest absolute Gasteiger partial charge is 0.497 e. The van der Waals surface area contributed by atoms with E-state index >= 15 is 0 Å². The van der Waals surface area contributed by atoms with E-state index in [0.29, 0.717) is 30.9 Å². The SMILES string of the molecule is COc1ccc(NC(=O)N2Cc3cccc(C(=O)NCC4CCO4)c3C2)cc1. The lowest BCUT2D eigenvalue weighted by Gasteiger charge is -2.26. The summed E-state index contributed by atoms with van der Waals surface area (Å²) in [5.41, 5.74) is 3.22. The van der Waals surface area contributed by atoms with Gasteiger partial charge in [0, 0.05) is 37.5 Å². The Balaban J connectivity index is 1.40. The van der Waals surface area contributed by atoms with Gasteiger partial charge in [-0.05, 0) is 47.9 Å². The van der Waals surface area contributed by atoms with Gasteiger partial charge in [0.15, 0.2) is 0 Å². The zero-order valence-electron chi connectivity index (χ0n) is 15.7. The molecule has 1 saturated heterocycles. The Kier molecular flexibility index (Phi) is 5.16. The molecule has 0 aliphatic carbocycles. The second kappa shape index (κ2) is 7.90. The zero-order chi connectivity index (χ0) is 19.5. The molecule has 3 amide bonds. The lowest BCUT2D eigenvalue weighted by atomic mass is 10.0. The van der Waals surface area contributed by atoms with E-state index in [4.69, 9.17) is 9.47 Å². The van der Waals surface area contributed by atoms with Crippen LogP contribution in [0.2, 0.25) is 0 Å². The Morgan fingerprint density at radius 2 is 1.96 bits per heavy atom. The minimum atomic E-state index is -0.199. The van der Waals surface area contributed by atoms with Crippen LogP contribution in [0, 0.1) is 0 Å².